The Morgan fingerprint density at radius 2 is 2.32 bits per heavy atom. The number of aryl methyl sites for hydroxylation is 1. The number of rotatable bonds is 4. The molecule has 1 fully saturated rings. The highest BCUT2D eigenvalue weighted by Gasteiger charge is 2.32. The van der Waals surface area contributed by atoms with Crippen LogP contribution in [0.1, 0.15) is 23.9 Å². The molecule has 5 heteroatoms. The minimum absolute atomic E-state index is 0.0462. The SMILES string of the molecule is Cn1ccnc1[C@H]1OCC[C@@H]1NCc1csc2ccccc12. The van der Waals surface area contributed by atoms with E-state index in [1.54, 1.807) is 0 Å². The van der Waals surface area contributed by atoms with Crippen LogP contribution in [-0.4, -0.2) is 22.2 Å². The van der Waals surface area contributed by atoms with Gasteiger partial charge in [-0.2, -0.15) is 0 Å². The zero-order chi connectivity index (χ0) is 14.9. The summed E-state index contributed by atoms with van der Waals surface area (Å²) in [6.07, 6.45) is 4.88. The minimum atomic E-state index is 0.0462. The van der Waals surface area contributed by atoms with Gasteiger partial charge in [0, 0.05) is 43.3 Å². The molecule has 1 N–H and O–H groups in total. The molecule has 0 aliphatic carbocycles. The Morgan fingerprint density at radius 3 is 3.18 bits per heavy atom. The molecule has 0 saturated carbocycles. The summed E-state index contributed by atoms with van der Waals surface area (Å²) in [4.78, 5) is 4.44. The number of nitrogens with one attached hydrogen (secondary N) is 1. The van der Waals surface area contributed by atoms with Gasteiger partial charge in [0.05, 0.1) is 0 Å². The van der Waals surface area contributed by atoms with E-state index in [0.29, 0.717) is 6.04 Å². The number of aromatic nitrogens is 2. The predicted octanol–water partition coefficient (Wildman–Crippen LogP) is 3.25. The smallest absolute Gasteiger partial charge is 0.139 e. The van der Waals surface area contributed by atoms with Crippen molar-refractivity contribution >= 4 is 21.4 Å². The van der Waals surface area contributed by atoms with Crippen LogP contribution in [0.25, 0.3) is 10.1 Å². The lowest BCUT2D eigenvalue weighted by molar-refractivity contribution is 0.0893. The monoisotopic (exact) mass is 313 g/mol. The van der Waals surface area contributed by atoms with Gasteiger partial charge >= 0.3 is 0 Å². The van der Waals surface area contributed by atoms with Crippen molar-refractivity contribution in [3.63, 3.8) is 0 Å². The standard InChI is InChI=1S/C17H19N3OS/c1-20-8-7-18-17(20)16-14(6-9-21-16)19-10-12-11-22-15-5-3-2-4-13(12)15/h2-5,7-8,11,14,16,19H,6,9-10H2,1H3/t14-,16-/m0/s1. The molecule has 0 unspecified atom stereocenters. The van der Waals surface area contributed by atoms with Crippen LogP contribution in [0.4, 0.5) is 0 Å². The number of fused-ring (bicyclic) bond motifs is 1. The first-order valence-corrected chi connectivity index (χ1v) is 8.48. The first-order valence-electron chi connectivity index (χ1n) is 7.60. The summed E-state index contributed by atoms with van der Waals surface area (Å²) in [5.74, 6) is 1.00. The number of thiophene rings is 1. The van der Waals surface area contributed by atoms with E-state index < -0.39 is 0 Å². The van der Waals surface area contributed by atoms with Gasteiger partial charge in [-0.25, -0.2) is 4.98 Å². The van der Waals surface area contributed by atoms with E-state index in [1.807, 2.05) is 35.3 Å². The summed E-state index contributed by atoms with van der Waals surface area (Å²) < 4.78 is 9.30. The molecule has 0 spiro atoms. The van der Waals surface area contributed by atoms with Gasteiger partial charge in [0.25, 0.3) is 0 Å². The van der Waals surface area contributed by atoms with Gasteiger partial charge in [-0.1, -0.05) is 18.2 Å². The fourth-order valence-corrected chi connectivity index (χ4v) is 4.08. The Labute approximate surface area is 133 Å². The molecule has 4 nitrogen and oxygen atoms in total. The van der Waals surface area contributed by atoms with Crippen LogP contribution in [0.3, 0.4) is 0 Å². The van der Waals surface area contributed by atoms with Gasteiger partial charge in [0.15, 0.2) is 0 Å². The fraction of sp³-hybridized carbons (Fsp3) is 0.353. The second kappa shape index (κ2) is 5.83. The number of nitrogens with zero attached hydrogens (tertiary/aromatic N) is 2. The number of imidazole rings is 1. The van der Waals surface area contributed by atoms with Gasteiger partial charge in [-0.3, -0.25) is 0 Å². The van der Waals surface area contributed by atoms with Crippen molar-refractivity contribution < 1.29 is 4.74 Å². The number of hydrogen-bond donors (Lipinski definition) is 1. The Kier molecular flexibility index (Phi) is 3.70. The molecule has 1 aliphatic heterocycles. The van der Waals surface area contributed by atoms with Gasteiger partial charge in [0.2, 0.25) is 0 Å². The summed E-state index contributed by atoms with van der Waals surface area (Å²) in [5, 5.41) is 7.28. The maximum Gasteiger partial charge on any atom is 0.139 e. The molecule has 114 valence electrons. The highest BCUT2D eigenvalue weighted by Crippen LogP contribution is 2.29. The van der Waals surface area contributed by atoms with Crippen molar-refractivity contribution in [1.29, 1.82) is 0 Å². The number of ether oxygens (including phenoxy) is 1. The van der Waals surface area contributed by atoms with E-state index >= 15 is 0 Å². The van der Waals surface area contributed by atoms with Crippen LogP contribution in [0.5, 0.6) is 0 Å². The Bertz CT molecular complexity index is 779. The Hall–Kier alpha value is -1.69. The van der Waals surface area contributed by atoms with Gasteiger partial charge < -0.3 is 14.6 Å². The Morgan fingerprint density at radius 1 is 1.41 bits per heavy atom. The minimum Gasteiger partial charge on any atom is -0.369 e. The van der Waals surface area contributed by atoms with E-state index in [-0.39, 0.29) is 6.10 Å². The zero-order valence-electron chi connectivity index (χ0n) is 12.5. The lowest BCUT2D eigenvalue weighted by atomic mass is 10.1. The summed E-state index contributed by atoms with van der Waals surface area (Å²) in [7, 11) is 2.02. The molecule has 2 aromatic heterocycles. The summed E-state index contributed by atoms with van der Waals surface area (Å²) in [6, 6.07) is 8.90. The van der Waals surface area contributed by atoms with Crippen LogP contribution in [0.15, 0.2) is 42.0 Å². The van der Waals surface area contributed by atoms with E-state index in [9.17, 15) is 0 Å². The van der Waals surface area contributed by atoms with Gasteiger partial charge in [0.1, 0.15) is 11.9 Å². The molecule has 22 heavy (non-hydrogen) atoms. The van der Waals surface area contributed by atoms with Crippen LogP contribution in [-0.2, 0) is 18.3 Å². The third-order valence-electron chi connectivity index (χ3n) is 4.32. The average molecular weight is 313 g/mol. The molecular formula is C17H19N3OS. The summed E-state index contributed by atoms with van der Waals surface area (Å²) >= 11 is 1.81. The molecule has 1 aliphatic rings. The highest BCUT2D eigenvalue weighted by atomic mass is 32.1. The summed E-state index contributed by atoms with van der Waals surface area (Å²) in [6.45, 7) is 1.67. The first-order chi connectivity index (χ1) is 10.8. The molecular weight excluding hydrogens is 294 g/mol. The van der Waals surface area contributed by atoms with Crippen molar-refractivity contribution in [2.45, 2.75) is 25.1 Å². The van der Waals surface area contributed by atoms with Crippen molar-refractivity contribution in [3.8, 4) is 0 Å². The number of benzene rings is 1. The topological polar surface area (TPSA) is 39.1 Å². The summed E-state index contributed by atoms with van der Waals surface area (Å²) in [5.41, 5.74) is 1.37. The molecule has 1 aromatic carbocycles. The molecule has 0 radical (unpaired) electrons. The Balaban J connectivity index is 1.50. The second-order valence-electron chi connectivity index (χ2n) is 5.72. The number of hydrogen-bond acceptors (Lipinski definition) is 4. The first kappa shape index (κ1) is 13.9. The maximum absolute atomic E-state index is 5.90. The quantitative estimate of drug-likeness (QED) is 0.803. The van der Waals surface area contributed by atoms with Crippen molar-refractivity contribution in [2.24, 2.45) is 7.05 Å². The zero-order valence-corrected chi connectivity index (χ0v) is 13.3. The van der Waals surface area contributed by atoms with E-state index in [0.717, 1.165) is 25.4 Å². The van der Waals surface area contributed by atoms with Gasteiger partial charge in [-0.05, 0) is 28.8 Å². The molecule has 2 atom stereocenters. The van der Waals surface area contributed by atoms with Crippen LogP contribution < -0.4 is 5.32 Å². The van der Waals surface area contributed by atoms with Gasteiger partial charge in [-0.15, -0.1) is 11.3 Å². The third kappa shape index (κ3) is 2.45. The molecule has 1 saturated heterocycles. The van der Waals surface area contributed by atoms with Crippen molar-refractivity contribution in [1.82, 2.24) is 14.9 Å². The van der Waals surface area contributed by atoms with E-state index in [2.05, 4.69) is 39.9 Å². The molecule has 3 aromatic rings. The molecule has 3 heterocycles. The lowest BCUT2D eigenvalue weighted by Crippen LogP contribution is -2.32. The molecule has 4 rings (SSSR count). The van der Waals surface area contributed by atoms with Crippen molar-refractivity contribution in [3.05, 3.63) is 53.4 Å². The second-order valence-corrected chi connectivity index (χ2v) is 6.63. The third-order valence-corrected chi connectivity index (χ3v) is 5.33. The molecule has 0 bridgehead atoms. The van der Waals surface area contributed by atoms with E-state index in [4.69, 9.17) is 4.74 Å². The highest BCUT2D eigenvalue weighted by molar-refractivity contribution is 7.17. The maximum atomic E-state index is 5.90. The van der Waals surface area contributed by atoms with Crippen molar-refractivity contribution in [2.75, 3.05) is 6.61 Å². The normalized spacial score (nSPS) is 21.7. The lowest BCUT2D eigenvalue weighted by Gasteiger charge is -2.19. The molecule has 0 amide bonds. The van der Waals surface area contributed by atoms with Crippen LogP contribution in [0, 0.1) is 0 Å². The largest absolute Gasteiger partial charge is 0.369 e. The van der Waals surface area contributed by atoms with Crippen LogP contribution >= 0.6 is 11.3 Å². The average Bonchev–Trinajstić information content (AvgIpc) is 3.24. The predicted molar refractivity (Wildman–Crippen MR) is 89.0 cm³/mol. The fourth-order valence-electron chi connectivity index (χ4n) is 3.12. The van der Waals surface area contributed by atoms with E-state index in [1.165, 1.54) is 15.6 Å². The van der Waals surface area contributed by atoms with Crippen LogP contribution in [0.2, 0.25) is 0 Å².